The summed E-state index contributed by atoms with van der Waals surface area (Å²) in [4.78, 5) is 25.4. The minimum Gasteiger partial charge on any atom is -0.494 e. The first kappa shape index (κ1) is 26.3. The van der Waals surface area contributed by atoms with Gasteiger partial charge in [-0.15, -0.1) is 0 Å². The van der Waals surface area contributed by atoms with Crippen LogP contribution in [0.5, 0.6) is 5.75 Å². The average molecular weight is 556 g/mol. The number of carbonyl (C=O) groups is 1. The number of aryl methyl sites for hydroxylation is 1. The van der Waals surface area contributed by atoms with E-state index in [0.717, 1.165) is 35.9 Å². The lowest BCUT2D eigenvalue weighted by Crippen LogP contribution is -2.09. The second kappa shape index (κ2) is 10.9. The number of nitrogens with one attached hydrogen (secondary N) is 2. The number of ether oxygens (including phenoxy) is 1. The second-order valence-electron chi connectivity index (χ2n) is 9.73. The zero-order valence-electron chi connectivity index (χ0n) is 22.5. The third-order valence-electron chi connectivity index (χ3n) is 6.86. The van der Waals surface area contributed by atoms with Gasteiger partial charge in [0, 0.05) is 59.2 Å². The van der Waals surface area contributed by atoms with E-state index in [4.69, 9.17) is 19.8 Å². The highest BCUT2D eigenvalue weighted by molar-refractivity contribution is 5.92. The van der Waals surface area contributed by atoms with Crippen molar-refractivity contribution in [3.8, 4) is 17.3 Å². The highest BCUT2D eigenvalue weighted by atomic mass is 19.1. The fraction of sp³-hybridized carbons (Fsp3) is 0.233. The zero-order chi connectivity index (χ0) is 28.5. The molecule has 3 heterocycles. The molecule has 0 atom stereocenters. The molecule has 0 saturated carbocycles. The van der Waals surface area contributed by atoms with E-state index < -0.39 is 11.6 Å². The van der Waals surface area contributed by atoms with Crippen molar-refractivity contribution in [3.63, 3.8) is 0 Å². The number of nitrogens with zero attached hydrogens (tertiary/aromatic N) is 5. The lowest BCUT2D eigenvalue weighted by molar-refractivity contribution is -0.114. The van der Waals surface area contributed by atoms with Crippen LogP contribution >= 0.6 is 0 Å². The Balaban J connectivity index is 1.40. The number of halogens is 2. The lowest BCUT2D eigenvalue weighted by Gasteiger charge is -2.12. The molecule has 0 bridgehead atoms. The number of hydrogen-bond donors (Lipinski definition) is 2. The van der Waals surface area contributed by atoms with Crippen LogP contribution < -0.4 is 15.4 Å². The van der Waals surface area contributed by atoms with Crippen LogP contribution in [0, 0.1) is 11.6 Å². The SMILES string of the molecule is CCOc1cc(F)c(Cn2nc(-c3nc4c(c(Nc5ccnc(NC(C)=O)c5)n3)CCC4)c3ccccc32)c(F)c1. The molecule has 1 aliphatic carbocycles. The summed E-state index contributed by atoms with van der Waals surface area (Å²) >= 11 is 0. The molecule has 0 saturated heterocycles. The van der Waals surface area contributed by atoms with Crippen molar-refractivity contribution in [1.82, 2.24) is 24.7 Å². The van der Waals surface area contributed by atoms with Crippen LogP contribution in [-0.2, 0) is 24.2 Å². The Morgan fingerprint density at radius 3 is 2.66 bits per heavy atom. The molecule has 0 radical (unpaired) electrons. The number of anilines is 3. The molecule has 3 aromatic heterocycles. The van der Waals surface area contributed by atoms with E-state index in [1.54, 1.807) is 29.9 Å². The lowest BCUT2D eigenvalue weighted by atomic mass is 10.1. The van der Waals surface area contributed by atoms with Crippen molar-refractivity contribution in [2.45, 2.75) is 39.7 Å². The van der Waals surface area contributed by atoms with Crippen molar-refractivity contribution < 1.29 is 18.3 Å². The van der Waals surface area contributed by atoms with Crippen molar-refractivity contribution in [3.05, 3.63) is 83.2 Å². The molecule has 6 rings (SSSR count). The molecular formula is C30H27F2N7O2. The summed E-state index contributed by atoms with van der Waals surface area (Å²) in [6.45, 7) is 3.36. The molecule has 1 amide bonds. The van der Waals surface area contributed by atoms with Gasteiger partial charge in [0.1, 0.15) is 34.7 Å². The number of aromatic nitrogens is 5. The third kappa shape index (κ3) is 5.30. The Bertz CT molecular complexity index is 1760. The minimum absolute atomic E-state index is 0.113. The van der Waals surface area contributed by atoms with Gasteiger partial charge in [-0.2, -0.15) is 5.10 Å². The normalized spacial score (nSPS) is 12.4. The Hall–Kier alpha value is -4.93. The summed E-state index contributed by atoms with van der Waals surface area (Å²) < 4.78 is 36.7. The highest BCUT2D eigenvalue weighted by Crippen LogP contribution is 2.34. The molecule has 9 nitrogen and oxygen atoms in total. The number of fused-ring (bicyclic) bond motifs is 2. The van der Waals surface area contributed by atoms with E-state index in [-0.39, 0.29) is 23.8 Å². The smallest absolute Gasteiger partial charge is 0.222 e. The molecule has 208 valence electrons. The van der Waals surface area contributed by atoms with Gasteiger partial charge in [0.15, 0.2) is 5.82 Å². The van der Waals surface area contributed by atoms with Crippen LogP contribution in [0.25, 0.3) is 22.4 Å². The number of rotatable bonds is 8. The fourth-order valence-electron chi connectivity index (χ4n) is 5.08. The van der Waals surface area contributed by atoms with E-state index in [1.807, 2.05) is 24.3 Å². The van der Waals surface area contributed by atoms with Gasteiger partial charge in [-0.25, -0.2) is 23.7 Å². The fourth-order valence-corrected chi connectivity index (χ4v) is 5.08. The van der Waals surface area contributed by atoms with Crippen molar-refractivity contribution in [1.29, 1.82) is 0 Å². The van der Waals surface area contributed by atoms with E-state index in [2.05, 4.69) is 15.6 Å². The standard InChI is InChI=1S/C30H27F2N7O2/c1-3-41-19-14-23(31)22(24(32)15-19)16-39-26-10-5-4-7-21(26)28(38-39)30-36-25-9-6-8-20(25)29(37-30)35-18-11-12-33-27(13-18)34-17(2)40/h4-5,7,10-15H,3,6,8-9,16H2,1-2H3,(H2,33,34,35,36,37,40). The molecule has 41 heavy (non-hydrogen) atoms. The maximum atomic E-state index is 14.9. The Labute approximate surface area is 234 Å². The van der Waals surface area contributed by atoms with Crippen LogP contribution in [0.2, 0.25) is 0 Å². The summed E-state index contributed by atoms with van der Waals surface area (Å²) in [6.07, 6.45) is 4.17. The first-order valence-electron chi connectivity index (χ1n) is 13.4. The number of hydrogen-bond acceptors (Lipinski definition) is 7. The van der Waals surface area contributed by atoms with E-state index in [0.29, 0.717) is 41.0 Å². The second-order valence-corrected chi connectivity index (χ2v) is 9.73. The maximum absolute atomic E-state index is 14.9. The highest BCUT2D eigenvalue weighted by Gasteiger charge is 2.24. The number of carbonyl (C=O) groups excluding carboxylic acids is 1. The number of amides is 1. The largest absolute Gasteiger partial charge is 0.494 e. The number of pyridine rings is 1. The van der Waals surface area contributed by atoms with Gasteiger partial charge in [-0.1, -0.05) is 18.2 Å². The summed E-state index contributed by atoms with van der Waals surface area (Å²) in [6, 6.07) is 13.4. The van der Waals surface area contributed by atoms with E-state index >= 15 is 0 Å². The van der Waals surface area contributed by atoms with Gasteiger partial charge < -0.3 is 15.4 Å². The third-order valence-corrected chi connectivity index (χ3v) is 6.86. The molecule has 0 unspecified atom stereocenters. The summed E-state index contributed by atoms with van der Waals surface area (Å²) in [5.41, 5.74) is 3.75. The van der Waals surface area contributed by atoms with Crippen LogP contribution in [0.4, 0.5) is 26.1 Å². The predicted molar refractivity (Wildman–Crippen MR) is 151 cm³/mol. The van der Waals surface area contributed by atoms with Gasteiger partial charge in [0.05, 0.1) is 18.7 Å². The van der Waals surface area contributed by atoms with Crippen LogP contribution in [0.3, 0.4) is 0 Å². The molecule has 0 fully saturated rings. The van der Waals surface area contributed by atoms with Gasteiger partial charge in [0.2, 0.25) is 5.91 Å². The monoisotopic (exact) mass is 555 g/mol. The molecule has 2 N–H and O–H groups in total. The molecule has 11 heteroatoms. The number of para-hydroxylation sites is 1. The maximum Gasteiger partial charge on any atom is 0.222 e. The molecular weight excluding hydrogens is 528 g/mol. The molecule has 1 aliphatic rings. The first-order valence-corrected chi connectivity index (χ1v) is 13.4. The number of benzene rings is 2. The average Bonchev–Trinajstić information content (AvgIpc) is 3.56. The van der Waals surface area contributed by atoms with E-state index in [1.165, 1.54) is 19.1 Å². The quantitative estimate of drug-likeness (QED) is 0.249. The summed E-state index contributed by atoms with van der Waals surface area (Å²) in [7, 11) is 0. The van der Waals surface area contributed by atoms with Gasteiger partial charge in [-0.3, -0.25) is 9.48 Å². The zero-order valence-corrected chi connectivity index (χ0v) is 22.5. The minimum atomic E-state index is -0.703. The molecule has 5 aromatic rings. The van der Waals surface area contributed by atoms with Gasteiger partial charge >= 0.3 is 0 Å². The summed E-state index contributed by atoms with van der Waals surface area (Å²) in [5.74, 6) is -0.00489. The Morgan fingerprint density at radius 2 is 1.88 bits per heavy atom. The Morgan fingerprint density at radius 1 is 1.07 bits per heavy atom. The van der Waals surface area contributed by atoms with Crippen LogP contribution in [0.15, 0.2) is 54.7 Å². The van der Waals surface area contributed by atoms with Gasteiger partial charge in [0.25, 0.3) is 0 Å². The van der Waals surface area contributed by atoms with Crippen LogP contribution in [-0.4, -0.2) is 37.2 Å². The van der Waals surface area contributed by atoms with Crippen LogP contribution in [0.1, 0.15) is 37.1 Å². The van der Waals surface area contributed by atoms with Crippen molar-refractivity contribution in [2.24, 2.45) is 0 Å². The van der Waals surface area contributed by atoms with Crippen molar-refractivity contribution >= 4 is 34.1 Å². The van der Waals surface area contributed by atoms with Gasteiger partial charge in [-0.05, 0) is 38.3 Å². The molecule has 0 aliphatic heterocycles. The summed E-state index contributed by atoms with van der Waals surface area (Å²) in [5, 5.41) is 11.6. The first-order chi connectivity index (χ1) is 19.9. The molecule has 0 spiro atoms. The van der Waals surface area contributed by atoms with E-state index in [9.17, 15) is 13.6 Å². The topological polar surface area (TPSA) is 107 Å². The van der Waals surface area contributed by atoms with Crippen molar-refractivity contribution in [2.75, 3.05) is 17.2 Å². The molecule has 2 aromatic carbocycles. The Kier molecular flexibility index (Phi) is 7.00. The predicted octanol–water partition coefficient (Wildman–Crippen LogP) is 5.80.